The second-order valence-electron chi connectivity index (χ2n) is 4.71. The number of hydrogen-bond acceptors (Lipinski definition) is 5. The van der Waals surface area contributed by atoms with Crippen LogP contribution in [0.1, 0.15) is 28.4 Å². The molecule has 1 aromatic carbocycles. The second kappa shape index (κ2) is 7.78. The molecule has 128 valence electrons. The lowest BCUT2D eigenvalue weighted by Gasteiger charge is -2.11. The lowest BCUT2D eigenvalue weighted by molar-refractivity contribution is -0.137. The zero-order valence-corrected chi connectivity index (χ0v) is 12.8. The maximum atomic E-state index is 12.5. The van der Waals surface area contributed by atoms with Crippen LogP contribution in [0.25, 0.3) is 0 Å². The Morgan fingerprint density at radius 2 is 1.92 bits per heavy atom. The molecule has 0 amide bonds. The summed E-state index contributed by atoms with van der Waals surface area (Å²) in [5.41, 5.74) is 2.52. The van der Waals surface area contributed by atoms with Crippen LogP contribution in [0.4, 0.5) is 19.0 Å². The number of benzene rings is 1. The Morgan fingerprint density at radius 1 is 1.21 bits per heavy atom. The Bertz CT molecular complexity index is 688. The Balaban J connectivity index is 1.96. The number of nitrogens with one attached hydrogen (secondary N) is 1. The summed E-state index contributed by atoms with van der Waals surface area (Å²) in [4.78, 5) is 20.9. The van der Waals surface area contributed by atoms with Crippen molar-refractivity contribution in [1.29, 1.82) is 0 Å². The van der Waals surface area contributed by atoms with E-state index in [9.17, 15) is 18.0 Å². The van der Waals surface area contributed by atoms with Gasteiger partial charge < -0.3 is 4.74 Å². The molecule has 1 heterocycles. The highest BCUT2D eigenvalue weighted by atomic mass is 19.4. The van der Waals surface area contributed by atoms with E-state index in [0.29, 0.717) is 5.56 Å². The van der Waals surface area contributed by atoms with Crippen molar-refractivity contribution in [3.8, 4) is 0 Å². The minimum atomic E-state index is -4.37. The van der Waals surface area contributed by atoms with E-state index in [0.717, 1.165) is 12.1 Å². The molecular weight excluding hydrogens is 325 g/mol. The standard InChI is InChI=1S/C16H15F3N2O3/c1-2-23-15(22)13-4-3-9-20-14(13)21-24-10-11-5-7-12(8-6-11)16(17,18)19/h3-9H,2,10H2,1H3,(H,20,21). The van der Waals surface area contributed by atoms with E-state index in [2.05, 4.69) is 10.5 Å². The molecule has 0 bridgehead atoms. The van der Waals surface area contributed by atoms with Gasteiger partial charge >= 0.3 is 12.1 Å². The maximum absolute atomic E-state index is 12.5. The molecular formula is C16H15F3N2O3. The fourth-order valence-corrected chi connectivity index (χ4v) is 1.84. The van der Waals surface area contributed by atoms with Gasteiger partial charge in [0, 0.05) is 6.20 Å². The fourth-order valence-electron chi connectivity index (χ4n) is 1.84. The Labute approximate surface area is 136 Å². The summed E-state index contributed by atoms with van der Waals surface area (Å²) < 4.78 is 42.3. The van der Waals surface area contributed by atoms with Gasteiger partial charge in [0.15, 0.2) is 5.82 Å². The van der Waals surface area contributed by atoms with E-state index in [1.807, 2.05) is 0 Å². The summed E-state index contributed by atoms with van der Waals surface area (Å²) in [5, 5.41) is 0. The van der Waals surface area contributed by atoms with Crippen molar-refractivity contribution < 1.29 is 27.5 Å². The average molecular weight is 340 g/mol. The average Bonchev–Trinajstić information content (AvgIpc) is 2.55. The summed E-state index contributed by atoms with van der Waals surface area (Å²) >= 11 is 0. The molecule has 1 aromatic heterocycles. The van der Waals surface area contributed by atoms with Gasteiger partial charge in [-0.2, -0.15) is 13.2 Å². The third kappa shape index (κ3) is 4.69. The number of alkyl halides is 3. The van der Waals surface area contributed by atoms with Crippen LogP contribution in [0.15, 0.2) is 42.6 Å². The molecule has 0 unspecified atom stereocenters. The van der Waals surface area contributed by atoms with Crippen molar-refractivity contribution >= 4 is 11.8 Å². The molecule has 0 saturated carbocycles. The van der Waals surface area contributed by atoms with Crippen LogP contribution >= 0.6 is 0 Å². The summed E-state index contributed by atoms with van der Waals surface area (Å²) in [7, 11) is 0. The van der Waals surface area contributed by atoms with Crippen LogP contribution in [0.2, 0.25) is 0 Å². The zero-order valence-electron chi connectivity index (χ0n) is 12.8. The normalized spacial score (nSPS) is 11.2. The number of halogens is 3. The molecule has 0 saturated heterocycles. The van der Waals surface area contributed by atoms with Gasteiger partial charge in [0.05, 0.1) is 18.8 Å². The highest BCUT2D eigenvalue weighted by Gasteiger charge is 2.29. The molecule has 0 radical (unpaired) electrons. The highest BCUT2D eigenvalue weighted by molar-refractivity contribution is 5.94. The molecule has 5 nitrogen and oxygen atoms in total. The number of carbonyl (C=O) groups excluding carboxylic acids is 1. The first-order valence-corrected chi connectivity index (χ1v) is 7.08. The van der Waals surface area contributed by atoms with Crippen molar-refractivity contribution in [2.75, 3.05) is 12.1 Å². The number of aromatic nitrogens is 1. The van der Waals surface area contributed by atoms with Crippen molar-refractivity contribution in [2.24, 2.45) is 0 Å². The third-order valence-corrected chi connectivity index (χ3v) is 2.99. The first-order chi connectivity index (χ1) is 11.4. The van der Waals surface area contributed by atoms with Gasteiger partial charge in [-0.05, 0) is 36.8 Å². The quantitative estimate of drug-likeness (QED) is 0.640. The predicted molar refractivity (Wildman–Crippen MR) is 80.0 cm³/mol. The maximum Gasteiger partial charge on any atom is 0.416 e. The molecule has 0 fully saturated rings. The SMILES string of the molecule is CCOC(=O)c1cccnc1NOCc1ccc(C(F)(F)F)cc1. The number of carbonyl (C=O) groups is 1. The lowest BCUT2D eigenvalue weighted by Crippen LogP contribution is -2.12. The number of hydrogen-bond donors (Lipinski definition) is 1. The Morgan fingerprint density at radius 3 is 2.54 bits per heavy atom. The first-order valence-electron chi connectivity index (χ1n) is 7.08. The smallest absolute Gasteiger partial charge is 0.416 e. The molecule has 24 heavy (non-hydrogen) atoms. The summed E-state index contributed by atoms with van der Waals surface area (Å²) in [5.74, 6) is -0.380. The van der Waals surface area contributed by atoms with E-state index in [4.69, 9.17) is 9.57 Å². The number of nitrogens with zero attached hydrogens (tertiary/aromatic N) is 1. The van der Waals surface area contributed by atoms with Gasteiger partial charge in [0.25, 0.3) is 0 Å². The van der Waals surface area contributed by atoms with E-state index in [1.54, 1.807) is 13.0 Å². The molecule has 2 rings (SSSR count). The van der Waals surface area contributed by atoms with Crippen molar-refractivity contribution in [3.63, 3.8) is 0 Å². The number of pyridine rings is 1. The predicted octanol–water partition coefficient (Wildman–Crippen LogP) is 3.82. The van der Waals surface area contributed by atoms with Crippen molar-refractivity contribution in [2.45, 2.75) is 19.7 Å². The number of anilines is 1. The topological polar surface area (TPSA) is 60.5 Å². The number of rotatable bonds is 6. The molecule has 1 N–H and O–H groups in total. The van der Waals surface area contributed by atoms with Crippen LogP contribution in [0, 0.1) is 0 Å². The second-order valence-corrected chi connectivity index (χ2v) is 4.71. The summed E-state index contributed by atoms with van der Waals surface area (Å²) in [6.07, 6.45) is -2.91. The lowest BCUT2D eigenvalue weighted by atomic mass is 10.1. The van der Waals surface area contributed by atoms with E-state index < -0.39 is 17.7 Å². The van der Waals surface area contributed by atoms with E-state index in [-0.39, 0.29) is 24.6 Å². The van der Waals surface area contributed by atoms with Gasteiger partial charge in [-0.15, -0.1) is 0 Å². The molecule has 2 aromatic rings. The summed E-state index contributed by atoms with van der Waals surface area (Å²) in [6.45, 7) is 1.90. The molecule has 0 aliphatic heterocycles. The van der Waals surface area contributed by atoms with Gasteiger partial charge in [-0.3, -0.25) is 4.84 Å². The van der Waals surface area contributed by atoms with Crippen molar-refractivity contribution in [3.05, 3.63) is 59.3 Å². The molecule has 8 heteroatoms. The monoisotopic (exact) mass is 340 g/mol. The van der Waals surface area contributed by atoms with Gasteiger partial charge in [0.2, 0.25) is 0 Å². The van der Waals surface area contributed by atoms with E-state index in [1.165, 1.54) is 24.4 Å². The van der Waals surface area contributed by atoms with Crippen LogP contribution in [-0.4, -0.2) is 17.6 Å². The van der Waals surface area contributed by atoms with Crippen LogP contribution in [-0.2, 0) is 22.4 Å². The Kier molecular flexibility index (Phi) is 5.75. The molecule has 0 aliphatic carbocycles. The number of esters is 1. The fraction of sp³-hybridized carbons (Fsp3) is 0.250. The van der Waals surface area contributed by atoms with Gasteiger partial charge in [-0.1, -0.05) is 12.1 Å². The zero-order chi connectivity index (χ0) is 17.6. The minimum Gasteiger partial charge on any atom is -0.462 e. The van der Waals surface area contributed by atoms with Crippen LogP contribution in [0.5, 0.6) is 0 Å². The van der Waals surface area contributed by atoms with Crippen LogP contribution in [0.3, 0.4) is 0 Å². The summed E-state index contributed by atoms with van der Waals surface area (Å²) in [6, 6.07) is 7.68. The third-order valence-electron chi connectivity index (χ3n) is 2.99. The first kappa shape index (κ1) is 17.7. The molecule has 0 aliphatic rings. The van der Waals surface area contributed by atoms with Crippen LogP contribution < -0.4 is 5.48 Å². The number of ether oxygens (including phenoxy) is 1. The largest absolute Gasteiger partial charge is 0.462 e. The highest BCUT2D eigenvalue weighted by Crippen LogP contribution is 2.29. The molecule has 0 atom stereocenters. The Hall–Kier alpha value is -2.61. The minimum absolute atomic E-state index is 0.00300. The van der Waals surface area contributed by atoms with Gasteiger partial charge in [0.1, 0.15) is 5.56 Å². The molecule has 0 spiro atoms. The van der Waals surface area contributed by atoms with Crippen molar-refractivity contribution in [1.82, 2.24) is 4.98 Å². The van der Waals surface area contributed by atoms with E-state index >= 15 is 0 Å². The van der Waals surface area contributed by atoms with Gasteiger partial charge in [-0.25, -0.2) is 15.3 Å².